The second-order valence-corrected chi connectivity index (χ2v) is 8.18. The summed E-state index contributed by atoms with van der Waals surface area (Å²) in [5.74, 6) is 1.97. The van der Waals surface area contributed by atoms with Gasteiger partial charge in [-0.3, -0.25) is 14.5 Å². The van der Waals surface area contributed by atoms with Crippen molar-refractivity contribution in [1.82, 2.24) is 24.6 Å². The first-order chi connectivity index (χ1) is 13.7. The molecule has 0 saturated carbocycles. The lowest BCUT2D eigenvalue weighted by atomic mass is 9.95. The molecule has 1 fully saturated rings. The highest BCUT2D eigenvalue weighted by molar-refractivity contribution is 9.10. The smallest absolute Gasteiger partial charge is 0.193 e. The molecule has 2 aliphatic rings. The Balaban J connectivity index is 1.78. The maximum atomic E-state index is 6.49. The van der Waals surface area contributed by atoms with Gasteiger partial charge >= 0.3 is 0 Å². The maximum absolute atomic E-state index is 6.49. The third kappa shape index (κ3) is 2.64. The Morgan fingerprint density at radius 3 is 2.96 bits per heavy atom. The number of aryl methyl sites for hydroxylation is 1. The fourth-order valence-electron chi connectivity index (χ4n) is 4.30. The first kappa shape index (κ1) is 18.0. The highest BCUT2D eigenvalue weighted by atomic mass is 79.9. The predicted octanol–water partition coefficient (Wildman–Crippen LogP) is 3.81. The van der Waals surface area contributed by atoms with E-state index in [2.05, 4.69) is 60.7 Å². The molecule has 1 unspecified atom stereocenters. The third-order valence-electron chi connectivity index (χ3n) is 5.58. The highest BCUT2D eigenvalue weighted by Crippen LogP contribution is 2.46. The van der Waals surface area contributed by atoms with Crippen LogP contribution in [-0.2, 0) is 23.4 Å². The molecule has 28 heavy (non-hydrogen) atoms. The number of nitrogens with zero attached hydrogens (tertiary/aromatic N) is 5. The molecule has 2 aliphatic heterocycles. The van der Waals surface area contributed by atoms with E-state index >= 15 is 0 Å². The van der Waals surface area contributed by atoms with E-state index in [-0.39, 0.29) is 0 Å². The lowest BCUT2D eigenvalue weighted by Gasteiger charge is -2.36. The first-order valence-electron chi connectivity index (χ1n) is 9.78. The summed E-state index contributed by atoms with van der Waals surface area (Å²) < 4.78 is 9.74. The number of ether oxygens (including phenoxy) is 1. The number of aromatic nitrogens is 4. The summed E-state index contributed by atoms with van der Waals surface area (Å²) in [4.78, 5) is 7.03. The van der Waals surface area contributed by atoms with Crippen LogP contribution in [0.4, 0.5) is 0 Å². The van der Waals surface area contributed by atoms with Gasteiger partial charge in [0.15, 0.2) is 11.5 Å². The van der Waals surface area contributed by atoms with Crippen LogP contribution in [0.3, 0.4) is 0 Å². The van der Waals surface area contributed by atoms with Crippen molar-refractivity contribution in [1.29, 1.82) is 0 Å². The lowest BCUT2D eigenvalue weighted by molar-refractivity contribution is -0.0586. The summed E-state index contributed by atoms with van der Waals surface area (Å²) in [6.07, 6.45) is 4.97. The van der Waals surface area contributed by atoms with Crippen LogP contribution in [0.25, 0.3) is 5.69 Å². The SMILES string of the molecule is CCCCc1nnc2n1-c1ccc(Br)cc1C1(c3ccccn3)OCCN1C2. The van der Waals surface area contributed by atoms with Gasteiger partial charge in [0, 0.05) is 29.2 Å². The highest BCUT2D eigenvalue weighted by Gasteiger charge is 2.50. The number of fused-ring (bicyclic) bond motifs is 5. The van der Waals surface area contributed by atoms with Crippen molar-refractivity contribution in [2.45, 2.75) is 38.5 Å². The summed E-state index contributed by atoms with van der Waals surface area (Å²) in [5, 5.41) is 9.09. The molecule has 6 nitrogen and oxygen atoms in total. The van der Waals surface area contributed by atoms with Crippen molar-refractivity contribution in [3.05, 3.63) is 70.0 Å². The Bertz CT molecular complexity index is 1010. The summed E-state index contributed by atoms with van der Waals surface area (Å²) in [7, 11) is 0. The van der Waals surface area contributed by atoms with Gasteiger partial charge < -0.3 is 4.74 Å². The third-order valence-corrected chi connectivity index (χ3v) is 6.07. The van der Waals surface area contributed by atoms with E-state index in [1.165, 1.54) is 0 Å². The molecule has 3 aromatic rings. The van der Waals surface area contributed by atoms with Crippen LogP contribution in [0.2, 0.25) is 0 Å². The zero-order valence-corrected chi connectivity index (χ0v) is 17.4. The molecule has 4 heterocycles. The summed E-state index contributed by atoms with van der Waals surface area (Å²) in [6.45, 7) is 4.34. The van der Waals surface area contributed by atoms with Crippen molar-refractivity contribution in [3.8, 4) is 5.69 Å². The average Bonchev–Trinajstić information content (AvgIpc) is 3.30. The van der Waals surface area contributed by atoms with Gasteiger partial charge in [-0.2, -0.15) is 0 Å². The van der Waals surface area contributed by atoms with Gasteiger partial charge in [-0.15, -0.1) is 10.2 Å². The molecule has 0 radical (unpaired) electrons. The molecule has 0 amide bonds. The van der Waals surface area contributed by atoms with Crippen LogP contribution < -0.4 is 0 Å². The average molecular weight is 440 g/mol. The standard InChI is InChI=1S/C21H22BrN5O/c1-2-3-7-19-24-25-20-14-26-11-12-28-21(26,18-6-4-5-10-23-18)16-13-15(22)8-9-17(16)27(19)20/h4-6,8-10,13H,2-3,7,11-12,14H2,1H3. The number of hydrogen-bond donors (Lipinski definition) is 0. The van der Waals surface area contributed by atoms with Gasteiger partial charge in [0.25, 0.3) is 0 Å². The molecule has 1 aromatic carbocycles. The van der Waals surface area contributed by atoms with Crippen molar-refractivity contribution >= 4 is 15.9 Å². The minimum atomic E-state index is -0.719. The number of pyridine rings is 1. The number of halogens is 1. The Kier molecular flexibility index (Phi) is 4.53. The molecule has 5 rings (SSSR count). The zero-order chi connectivity index (χ0) is 19.1. The minimum Gasteiger partial charge on any atom is -0.349 e. The molecular weight excluding hydrogens is 418 g/mol. The number of benzene rings is 1. The van der Waals surface area contributed by atoms with E-state index in [1.54, 1.807) is 0 Å². The minimum absolute atomic E-state index is 0.652. The molecule has 0 N–H and O–H groups in total. The molecule has 7 heteroatoms. The fraction of sp³-hybridized carbons (Fsp3) is 0.381. The second kappa shape index (κ2) is 7.06. The van der Waals surface area contributed by atoms with E-state index in [9.17, 15) is 0 Å². The van der Waals surface area contributed by atoms with Crippen LogP contribution >= 0.6 is 15.9 Å². The van der Waals surface area contributed by atoms with Crippen LogP contribution in [0.5, 0.6) is 0 Å². The second-order valence-electron chi connectivity index (χ2n) is 7.26. The van der Waals surface area contributed by atoms with Crippen LogP contribution in [0.1, 0.15) is 42.7 Å². The molecule has 0 bridgehead atoms. The maximum Gasteiger partial charge on any atom is 0.193 e. The van der Waals surface area contributed by atoms with Gasteiger partial charge in [-0.1, -0.05) is 35.3 Å². The largest absolute Gasteiger partial charge is 0.349 e. The molecule has 144 valence electrons. The number of unbranched alkanes of at least 4 members (excludes halogenated alkanes) is 1. The number of rotatable bonds is 4. The molecule has 0 spiro atoms. The van der Waals surface area contributed by atoms with Crippen molar-refractivity contribution in [2.75, 3.05) is 13.2 Å². The van der Waals surface area contributed by atoms with Gasteiger partial charge in [-0.25, -0.2) is 0 Å². The molecule has 1 saturated heterocycles. The van der Waals surface area contributed by atoms with E-state index in [1.807, 2.05) is 24.4 Å². The normalized spacial score (nSPS) is 21.1. The quantitative estimate of drug-likeness (QED) is 0.618. The van der Waals surface area contributed by atoms with E-state index in [4.69, 9.17) is 9.72 Å². The summed E-state index contributed by atoms with van der Waals surface area (Å²) in [6, 6.07) is 12.4. The van der Waals surface area contributed by atoms with Crippen LogP contribution in [0.15, 0.2) is 47.1 Å². The Hall–Kier alpha value is -2.09. The van der Waals surface area contributed by atoms with E-state index in [0.717, 1.165) is 58.9 Å². The van der Waals surface area contributed by atoms with Gasteiger partial charge in [0.1, 0.15) is 5.82 Å². The number of hydrogen-bond acceptors (Lipinski definition) is 5. The fourth-order valence-corrected chi connectivity index (χ4v) is 4.67. The van der Waals surface area contributed by atoms with Crippen molar-refractivity contribution < 1.29 is 4.74 Å². The Morgan fingerprint density at radius 1 is 1.21 bits per heavy atom. The van der Waals surface area contributed by atoms with E-state index < -0.39 is 5.72 Å². The summed E-state index contributed by atoms with van der Waals surface area (Å²) in [5.41, 5.74) is 2.34. The Labute approximate surface area is 172 Å². The lowest BCUT2D eigenvalue weighted by Crippen LogP contribution is -2.43. The molecular formula is C21H22BrN5O. The Morgan fingerprint density at radius 2 is 2.14 bits per heavy atom. The molecule has 2 aromatic heterocycles. The zero-order valence-electron chi connectivity index (χ0n) is 15.8. The first-order valence-corrected chi connectivity index (χ1v) is 10.6. The van der Waals surface area contributed by atoms with Crippen LogP contribution in [-0.4, -0.2) is 37.8 Å². The van der Waals surface area contributed by atoms with E-state index in [0.29, 0.717) is 13.2 Å². The summed E-state index contributed by atoms with van der Waals surface area (Å²) >= 11 is 3.67. The van der Waals surface area contributed by atoms with Gasteiger partial charge in [-0.05, 0) is 36.8 Å². The van der Waals surface area contributed by atoms with Crippen molar-refractivity contribution in [3.63, 3.8) is 0 Å². The predicted molar refractivity (Wildman–Crippen MR) is 109 cm³/mol. The van der Waals surface area contributed by atoms with Crippen LogP contribution in [0, 0.1) is 0 Å². The monoisotopic (exact) mass is 439 g/mol. The molecule has 0 aliphatic carbocycles. The van der Waals surface area contributed by atoms with Gasteiger partial charge in [0.05, 0.1) is 24.5 Å². The topological polar surface area (TPSA) is 56.1 Å². The van der Waals surface area contributed by atoms with Gasteiger partial charge in [0.2, 0.25) is 0 Å². The van der Waals surface area contributed by atoms with Crippen molar-refractivity contribution in [2.24, 2.45) is 0 Å². The molecule has 1 atom stereocenters.